The van der Waals surface area contributed by atoms with E-state index in [1.807, 2.05) is 12.1 Å². The second-order valence-electron chi connectivity index (χ2n) is 6.04. The number of hydrogen-bond donors (Lipinski definition) is 3. The summed E-state index contributed by atoms with van der Waals surface area (Å²) in [5.41, 5.74) is 2.40. The number of aromatic nitrogens is 4. The Hall–Kier alpha value is -2.55. The highest BCUT2D eigenvalue weighted by atomic mass is 35.5. The Morgan fingerprint density at radius 2 is 1.88 bits per heavy atom. The van der Waals surface area contributed by atoms with Gasteiger partial charge in [0.15, 0.2) is 0 Å². The van der Waals surface area contributed by atoms with E-state index in [-0.39, 0.29) is 18.0 Å². The van der Waals surface area contributed by atoms with E-state index in [9.17, 15) is 4.79 Å². The minimum atomic E-state index is -0.290. The first-order chi connectivity index (χ1) is 12.3. The van der Waals surface area contributed by atoms with Crippen molar-refractivity contribution < 1.29 is 0 Å². The fourth-order valence-corrected chi connectivity index (χ4v) is 2.89. The highest BCUT2D eigenvalue weighted by Gasteiger charge is 2.10. The topological polar surface area (TPSA) is 98.8 Å². The Balaban J connectivity index is 0.00000196. The number of aromatic amines is 1. The van der Waals surface area contributed by atoms with E-state index >= 15 is 0 Å². The van der Waals surface area contributed by atoms with Crippen LogP contribution < -0.4 is 16.2 Å². The van der Waals surface area contributed by atoms with Gasteiger partial charge in [-0.05, 0) is 17.7 Å². The maximum Gasteiger partial charge on any atom is 0.275 e. The maximum atomic E-state index is 11.6. The van der Waals surface area contributed by atoms with E-state index in [1.54, 1.807) is 0 Å². The molecule has 3 aromatic rings. The van der Waals surface area contributed by atoms with Crippen LogP contribution in [0.4, 0.5) is 11.6 Å². The SMILES string of the molecule is Cl.O=c1[nH]ncc2nc(Nc3ccc(CN4CCNCC4)cc3)ncc12. The Morgan fingerprint density at radius 1 is 1.12 bits per heavy atom. The first kappa shape index (κ1) is 18.2. The number of nitrogens with one attached hydrogen (secondary N) is 3. The molecule has 0 aliphatic carbocycles. The molecule has 0 saturated carbocycles. The van der Waals surface area contributed by atoms with Gasteiger partial charge in [0.05, 0.1) is 11.6 Å². The van der Waals surface area contributed by atoms with Gasteiger partial charge >= 0.3 is 0 Å². The van der Waals surface area contributed by atoms with Gasteiger partial charge in [-0.25, -0.2) is 15.1 Å². The number of H-pyrrole nitrogens is 1. The third-order valence-electron chi connectivity index (χ3n) is 4.24. The highest BCUT2D eigenvalue weighted by molar-refractivity contribution is 5.85. The summed E-state index contributed by atoms with van der Waals surface area (Å²) in [7, 11) is 0. The zero-order chi connectivity index (χ0) is 17.1. The summed E-state index contributed by atoms with van der Waals surface area (Å²) >= 11 is 0. The smallest absolute Gasteiger partial charge is 0.275 e. The van der Waals surface area contributed by atoms with Crippen molar-refractivity contribution in [3.8, 4) is 0 Å². The number of hydrogen-bond acceptors (Lipinski definition) is 7. The van der Waals surface area contributed by atoms with Crippen molar-refractivity contribution in [2.75, 3.05) is 31.5 Å². The lowest BCUT2D eigenvalue weighted by Gasteiger charge is -2.27. The van der Waals surface area contributed by atoms with Crippen LogP contribution in [-0.4, -0.2) is 51.2 Å². The van der Waals surface area contributed by atoms with Crippen LogP contribution >= 0.6 is 12.4 Å². The van der Waals surface area contributed by atoms with Crippen LogP contribution in [0.5, 0.6) is 0 Å². The molecule has 0 amide bonds. The van der Waals surface area contributed by atoms with Crippen molar-refractivity contribution in [1.82, 2.24) is 30.4 Å². The molecule has 1 aliphatic rings. The predicted molar refractivity (Wildman–Crippen MR) is 103 cm³/mol. The normalized spacial score (nSPS) is 14.8. The number of fused-ring (bicyclic) bond motifs is 1. The van der Waals surface area contributed by atoms with Crippen LogP contribution in [-0.2, 0) is 6.54 Å². The largest absolute Gasteiger partial charge is 0.324 e. The fraction of sp³-hybridized carbons (Fsp3) is 0.294. The second-order valence-corrected chi connectivity index (χ2v) is 6.04. The molecule has 1 fully saturated rings. The quantitative estimate of drug-likeness (QED) is 0.633. The molecule has 0 atom stereocenters. The van der Waals surface area contributed by atoms with Crippen LogP contribution in [0.3, 0.4) is 0 Å². The van der Waals surface area contributed by atoms with Gasteiger partial charge in [0.2, 0.25) is 5.95 Å². The summed E-state index contributed by atoms with van der Waals surface area (Å²) in [5, 5.41) is 13.1. The summed E-state index contributed by atoms with van der Waals surface area (Å²) in [6, 6.07) is 8.25. The molecule has 1 aliphatic heterocycles. The molecule has 4 rings (SSSR count). The van der Waals surface area contributed by atoms with Gasteiger partial charge in [-0.15, -0.1) is 12.4 Å². The molecule has 3 heterocycles. The van der Waals surface area contributed by atoms with Gasteiger partial charge < -0.3 is 10.6 Å². The highest BCUT2D eigenvalue weighted by Crippen LogP contribution is 2.16. The van der Waals surface area contributed by atoms with E-state index in [4.69, 9.17) is 0 Å². The summed E-state index contributed by atoms with van der Waals surface area (Å²) < 4.78 is 0. The van der Waals surface area contributed by atoms with Crippen LogP contribution in [0.25, 0.3) is 10.9 Å². The van der Waals surface area contributed by atoms with Crippen LogP contribution in [0.1, 0.15) is 5.56 Å². The van der Waals surface area contributed by atoms with Gasteiger partial charge in [0.25, 0.3) is 5.56 Å². The Bertz CT molecular complexity index is 922. The zero-order valence-electron chi connectivity index (χ0n) is 14.1. The second kappa shape index (κ2) is 8.22. The van der Waals surface area contributed by atoms with E-state index < -0.39 is 0 Å². The van der Waals surface area contributed by atoms with Crippen LogP contribution in [0.2, 0.25) is 0 Å². The standard InChI is InChI=1S/C17H19N7O.ClH/c25-16-14-9-19-17(22-15(14)10-20-23-16)21-13-3-1-12(2-4-13)11-24-7-5-18-6-8-24;/h1-4,9-10,18H,5-8,11H2,(H,23,25)(H,19,21,22);1H. The molecule has 136 valence electrons. The minimum Gasteiger partial charge on any atom is -0.324 e. The number of nitrogens with zero attached hydrogens (tertiary/aromatic N) is 4. The Kier molecular flexibility index (Phi) is 5.77. The Morgan fingerprint density at radius 3 is 2.65 bits per heavy atom. The van der Waals surface area contributed by atoms with E-state index in [2.05, 4.69) is 47.8 Å². The van der Waals surface area contributed by atoms with Crippen molar-refractivity contribution in [2.45, 2.75) is 6.54 Å². The van der Waals surface area contributed by atoms with Gasteiger partial charge in [-0.2, -0.15) is 5.10 Å². The van der Waals surface area contributed by atoms with Crippen molar-refractivity contribution in [2.24, 2.45) is 0 Å². The van der Waals surface area contributed by atoms with Crippen molar-refractivity contribution in [3.63, 3.8) is 0 Å². The van der Waals surface area contributed by atoms with Gasteiger partial charge in [0.1, 0.15) is 5.52 Å². The molecule has 3 N–H and O–H groups in total. The van der Waals surface area contributed by atoms with Gasteiger partial charge in [-0.3, -0.25) is 9.69 Å². The van der Waals surface area contributed by atoms with Crippen LogP contribution in [0, 0.1) is 0 Å². The molecular weight excluding hydrogens is 354 g/mol. The lowest BCUT2D eigenvalue weighted by Crippen LogP contribution is -2.42. The minimum absolute atomic E-state index is 0. The molecular formula is C17H20ClN7O. The van der Waals surface area contributed by atoms with Gasteiger partial charge in [-0.1, -0.05) is 12.1 Å². The fourth-order valence-electron chi connectivity index (χ4n) is 2.89. The lowest BCUT2D eigenvalue weighted by atomic mass is 10.2. The molecule has 1 saturated heterocycles. The first-order valence-corrected chi connectivity index (χ1v) is 8.27. The number of benzene rings is 1. The third-order valence-corrected chi connectivity index (χ3v) is 4.24. The van der Waals surface area contributed by atoms with Crippen molar-refractivity contribution in [1.29, 1.82) is 0 Å². The predicted octanol–water partition coefficient (Wildman–Crippen LogP) is 1.28. The molecule has 0 unspecified atom stereocenters. The molecule has 0 radical (unpaired) electrons. The molecule has 9 heteroatoms. The van der Waals surface area contributed by atoms with Crippen molar-refractivity contribution in [3.05, 3.63) is 52.6 Å². The molecule has 1 aromatic carbocycles. The molecule has 2 aromatic heterocycles. The molecule has 0 spiro atoms. The third kappa shape index (κ3) is 4.16. The maximum absolute atomic E-state index is 11.6. The summed E-state index contributed by atoms with van der Waals surface area (Å²) in [6.45, 7) is 5.23. The number of rotatable bonds is 4. The summed E-state index contributed by atoms with van der Waals surface area (Å²) in [4.78, 5) is 22.6. The van der Waals surface area contributed by atoms with Crippen molar-refractivity contribution >= 4 is 34.9 Å². The molecule has 8 nitrogen and oxygen atoms in total. The average molecular weight is 374 g/mol. The average Bonchev–Trinajstić information content (AvgIpc) is 2.64. The first-order valence-electron chi connectivity index (χ1n) is 8.27. The van der Waals surface area contributed by atoms with E-state index in [1.165, 1.54) is 18.0 Å². The number of anilines is 2. The van der Waals surface area contributed by atoms with E-state index in [0.29, 0.717) is 16.9 Å². The summed E-state index contributed by atoms with van der Waals surface area (Å²) in [6.07, 6.45) is 3.02. The zero-order valence-corrected chi connectivity index (χ0v) is 14.9. The van der Waals surface area contributed by atoms with Gasteiger partial charge in [0, 0.05) is 44.6 Å². The summed E-state index contributed by atoms with van der Waals surface area (Å²) in [5.74, 6) is 0.440. The lowest BCUT2D eigenvalue weighted by molar-refractivity contribution is 0.233. The monoisotopic (exact) mass is 373 g/mol. The number of piperazine rings is 1. The molecule has 0 bridgehead atoms. The number of halogens is 1. The van der Waals surface area contributed by atoms with Crippen LogP contribution in [0.15, 0.2) is 41.5 Å². The molecule has 26 heavy (non-hydrogen) atoms. The van der Waals surface area contributed by atoms with E-state index in [0.717, 1.165) is 38.4 Å². The Labute approximate surface area is 156 Å².